The summed E-state index contributed by atoms with van der Waals surface area (Å²) in [5, 5.41) is 10.2. The first-order valence-corrected chi connectivity index (χ1v) is 10.7. The summed E-state index contributed by atoms with van der Waals surface area (Å²) in [5.41, 5.74) is 0.0908. The molecule has 0 spiro atoms. The van der Waals surface area contributed by atoms with Crippen LogP contribution in [0, 0.1) is 5.82 Å². The standard InChI is InChI=1S/C25H20F5N3O/c1-24(2,34)14-5-3-13(4-6-14)19-9-10-20-23(31-19)33-21(12-18(27)22(33)32-20)16-11-15(26)7-8-17(16)25(28,29)30/h3-11,18,21,34H,12H2,1-2H3. The Hall–Kier alpha value is -3.33. The van der Waals surface area contributed by atoms with Gasteiger partial charge in [-0.25, -0.2) is 18.7 Å². The highest BCUT2D eigenvalue weighted by Gasteiger charge is 2.41. The second-order valence-corrected chi connectivity index (χ2v) is 8.96. The lowest BCUT2D eigenvalue weighted by atomic mass is 9.96. The van der Waals surface area contributed by atoms with Gasteiger partial charge in [-0.1, -0.05) is 24.3 Å². The molecule has 3 heterocycles. The summed E-state index contributed by atoms with van der Waals surface area (Å²) in [7, 11) is 0. The number of rotatable bonds is 3. The van der Waals surface area contributed by atoms with E-state index in [9.17, 15) is 27.1 Å². The Kier molecular flexibility index (Phi) is 5.02. The zero-order valence-electron chi connectivity index (χ0n) is 18.2. The maximum Gasteiger partial charge on any atom is 0.416 e. The van der Waals surface area contributed by atoms with E-state index in [1.54, 1.807) is 50.2 Å². The number of nitrogens with zero attached hydrogens (tertiary/aromatic N) is 3. The van der Waals surface area contributed by atoms with E-state index in [0.717, 1.165) is 12.1 Å². The zero-order valence-corrected chi connectivity index (χ0v) is 18.2. The van der Waals surface area contributed by atoms with E-state index in [1.807, 2.05) is 0 Å². The number of pyridine rings is 1. The SMILES string of the molecule is CC(C)(O)c1ccc(-c2ccc3nc4n(c3n2)C(c2cc(F)ccc2C(F)(F)F)CC4F)cc1. The second kappa shape index (κ2) is 7.59. The summed E-state index contributed by atoms with van der Waals surface area (Å²) in [6.45, 7) is 3.33. The fraction of sp³-hybridized carbons (Fsp3) is 0.280. The van der Waals surface area contributed by atoms with Crippen molar-refractivity contribution in [2.75, 3.05) is 0 Å². The van der Waals surface area contributed by atoms with Crippen molar-refractivity contribution in [1.29, 1.82) is 0 Å². The van der Waals surface area contributed by atoms with E-state index in [-0.39, 0.29) is 23.5 Å². The number of aliphatic hydroxyl groups is 1. The average Bonchev–Trinajstić information content (AvgIpc) is 3.29. The molecule has 5 rings (SSSR count). The fourth-order valence-corrected chi connectivity index (χ4v) is 4.47. The summed E-state index contributed by atoms with van der Waals surface area (Å²) >= 11 is 0. The Balaban J connectivity index is 1.65. The number of alkyl halides is 4. The van der Waals surface area contributed by atoms with Crippen LogP contribution in [0.2, 0.25) is 0 Å². The molecule has 0 radical (unpaired) electrons. The van der Waals surface area contributed by atoms with Crippen molar-refractivity contribution in [2.45, 2.75) is 44.3 Å². The molecule has 0 saturated carbocycles. The van der Waals surface area contributed by atoms with Crippen molar-refractivity contribution in [3.05, 3.63) is 82.9 Å². The van der Waals surface area contributed by atoms with Crippen LogP contribution in [0.1, 0.15) is 55.0 Å². The van der Waals surface area contributed by atoms with Gasteiger partial charge in [-0.2, -0.15) is 13.2 Å². The molecule has 2 aromatic carbocycles. The number of fused-ring (bicyclic) bond motifs is 3. The number of halogens is 5. The first-order valence-electron chi connectivity index (χ1n) is 10.7. The van der Waals surface area contributed by atoms with Crippen LogP contribution in [0.4, 0.5) is 22.0 Å². The van der Waals surface area contributed by atoms with Gasteiger partial charge in [0.25, 0.3) is 0 Å². The molecule has 2 atom stereocenters. The summed E-state index contributed by atoms with van der Waals surface area (Å²) in [5.74, 6) is -0.865. The van der Waals surface area contributed by atoms with Gasteiger partial charge in [0.1, 0.15) is 17.2 Å². The minimum atomic E-state index is -4.73. The van der Waals surface area contributed by atoms with Crippen molar-refractivity contribution in [3.8, 4) is 11.3 Å². The lowest BCUT2D eigenvalue weighted by Crippen LogP contribution is -2.15. The van der Waals surface area contributed by atoms with Crippen LogP contribution in [0.25, 0.3) is 22.4 Å². The van der Waals surface area contributed by atoms with Crippen molar-refractivity contribution in [3.63, 3.8) is 0 Å². The lowest BCUT2D eigenvalue weighted by Gasteiger charge is -2.20. The van der Waals surface area contributed by atoms with Crippen LogP contribution < -0.4 is 0 Å². The molecule has 1 aliphatic heterocycles. The fourth-order valence-electron chi connectivity index (χ4n) is 4.47. The third-order valence-electron chi connectivity index (χ3n) is 6.15. The van der Waals surface area contributed by atoms with Crippen LogP contribution in [-0.2, 0) is 11.8 Å². The number of imidazole rings is 1. The van der Waals surface area contributed by atoms with Gasteiger partial charge in [0, 0.05) is 12.0 Å². The van der Waals surface area contributed by atoms with E-state index in [4.69, 9.17) is 0 Å². The Bertz CT molecular complexity index is 1390. The van der Waals surface area contributed by atoms with E-state index in [2.05, 4.69) is 9.97 Å². The molecule has 9 heteroatoms. The predicted molar refractivity (Wildman–Crippen MR) is 116 cm³/mol. The molecule has 0 fully saturated rings. The normalized spacial score (nSPS) is 18.5. The van der Waals surface area contributed by atoms with Crippen molar-refractivity contribution in [2.24, 2.45) is 0 Å². The molecule has 0 saturated heterocycles. The maximum atomic E-state index is 14.9. The van der Waals surface area contributed by atoms with E-state index in [0.29, 0.717) is 28.4 Å². The van der Waals surface area contributed by atoms with Gasteiger partial charge in [-0.15, -0.1) is 0 Å². The summed E-state index contributed by atoms with van der Waals surface area (Å²) < 4.78 is 71.2. The summed E-state index contributed by atoms with van der Waals surface area (Å²) in [4.78, 5) is 8.85. The average molecular weight is 473 g/mol. The smallest absolute Gasteiger partial charge is 0.386 e. The first-order chi connectivity index (χ1) is 15.9. The second-order valence-electron chi connectivity index (χ2n) is 8.96. The topological polar surface area (TPSA) is 50.9 Å². The number of hydrogen-bond acceptors (Lipinski definition) is 3. The number of hydrogen-bond donors (Lipinski definition) is 1. The highest BCUT2D eigenvalue weighted by atomic mass is 19.4. The van der Waals surface area contributed by atoms with E-state index >= 15 is 0 Å². The molecule has 1 aliphatic rings. The number of aromatic nitrogens is 3. The van der Waals surface area contributed by atoms with Gasteiger partial charge in [-0.05, 0) is 55.3 Å². The quantitative estimate of drug-likeness (QED) is 0.346. The summed E-state index contributed by atoms with van der Waals surface area (Å²) in [6.07, 6.45) is -6.63. The van der Waals surface area contributed by atoms with Crippen molar-refractivity contribution < 1.29 is 27.1 Å². The van der Waals surface area contributed by atoms with Crippen LogP contribution in [0.3, 0.4) is 0 Å². The summed E-state index contributed by atoms with van der Waals surface area (Å²) in [6, 6.07) is 11.5. The molecular formula is C25H20F5N3O. The molecule has 4 aromatic rings. The van der Waals surface area contributed by atoms with E-state index in [1.165, 1.54) is 4.57 Å². The van der Waals surface area contributed by atoms with Crippen LogP contribution in [0.5, 0.6) is 0 Å². The molecule has 1 N–H and O–H groups in total. The Morgan fingerprint density at radius 3 is 2.32 bits per heavy atom. The largest absolute Gasteiger partial charge is 0.416 e. The zero-order chi connectivity index (χ0) is 24.4. The molecule has 2 unspecified atom stereocenters. The van der Waals surface area contributed by atoms with Crippen LogP contribution in [-0.4, -0.2) is 19.6 Å². The third kappa shape index (κ3) is 3.73. The van der Waals surface area contributed by atoms with Crippen molar-refractivity contribution >= 4 is 11.2 Å². The molecule has 4 nitrogen and oxygen atoms in total. The molecule has 2 aromatic heterocycles. The van der Waals surface area contributed by atoms with Gasteiger partial charge >= 0.3 is 6.18 Å². The molecule has 0 aliphatic carbocycles. The van der Waals surface area contributed by atoms with Gasteiger partial charge in [-0.3, -0.25) is 0 Å². The molecule has 34 heavy (non-hydrogen) atoms. The number of benzene rings is 2. The van der Waals surface area contributed by atoms with Gasteiger partial charge in [0.15, 0.2) is 11.8 Å². The third-order valence-corrected chi connectivity index (χ3v) is 6.15. The van der Waals surface area contributed by atoms with Crippen LogP contribution >= 0.6 is 0 Å². The highest BCUT2D eigenvalue weighted by Crippen LogP contribution is 2.46. The molecule has 0 bridgehead atoms. The monoisotopic (exact) mass is 473 g/mol. The Labute approximate surface area is 191 Å². The van der Waals surface area contributed by atoms with Crippen LogP contribution in [0.15, 0.2) is 54.6 Å². The minimum absolute atomic E-state index is 0.0283. The Morgan fingerprint density at radius 1 is 0.971 bits per heavy atom. The van der Waals surface area contributed by atoms with Gasteiger partial charge < -0.3 is 9.67 Å². The van der Waals surface area contributed by atoms with Gasteiger partial charge in [0.2, 0.25) is 0 Å². The minimum Gasteiger partial charge on any atom is -0.386 e. The maximum absolute atomic E-state index is 14.9. The molecule has 176 valence electrons. The van der Waals surface area contributed by atoms with Gasteiger partial charge in [0.05, 0.1) is 22.9 Å². The molecule has 0 amide bonds. The molecular weight excluding hydrogens is 453 g/mol. The highest BCUT2D eigenvalue weighted by molar-refractivity contribution is 5.77. The predicted octanol–water partition coefficient (Wildman–Crippen LogP) is 6.49. The van der Waals surface area contributed by atoms with E-state index < -0.39 is 35.4 Å². The lowest BCUT2D eigenvalue weighted by molar-refractivity contribution is -0.138. The van der Waals surface area contributed by atoms with Crippen molar-refractivity contribution in [1.82, 2.24) is 14.5 Å². The first kappa shape index (κ1) is 22.5. The Morgan fingerprint density at radius 2 is 1.68 bits per heavy atom.